The third kappa shape index (κ3) is 3.22. The van der Waals surface area contributed by atoms with Gasteiger partial charge >= 0.3 is 11.9 Å². The first kappa shape index (κ1) is 21.1. The maximum absolute atomic E-state index is 13.4. The molecule has 1 aromatic carbocycles. The molecule has 30 heavy (non-hydrogen) atoms. The van der Waals surface area contributed by atoms with Crippen molar-refractivity contribution in [2.24, 2.45) is 0 Å². The maximum atomic E-state index is 13.4. The lowest BCUT2D eigenvalue weighted by atomic mass is 9.82. The van der Waals surface area contributed by atoms with E-state index < -0.39 is 17.9 Å². The predicted octanol–water partition coefficient (Wildman–Crippen LogP) is 2.18. The van der Waals surface area contributed by atoms with Gasteiger partial charge in [0.1, 0.15) is 11.4 Å². The van der Waals surface area contributed by atoms with Crippen LogP contribution in [0.3, 0.4) is 0 Å². The lowest BCUT2D eigenvalue weighted by molar-refractivity contribution is -0.476. The van der Waals surface area contributed by atoms with Gasteiger partial charge in [-0.15, -0.1) is 0 Å². The molecule has 1 unspecified atom stereocenters. The average molecular weight is 413 g/mol. The number of allylic oxidation sites excluding steroid dienone is 2. The van der Waals surface area contributed by atoms with Crippen LogP contribution in [0.4, 0.5) is 0 Å². The zero-order chi connectivity index (χ0) is 22.2. The predicted molar refractivity (Wildman–Crippen MR) is 109 cm³/mol. The van der Waals surface area contributed by atoms with Crippen LogP contribution in [0, 0.1) is 17.0 Å². The Bertz CT molecular complexity index is 1180. The van der Waals surface area contributed by atoms with Crippen LogP contribution in [0.15, 0.2) is 46.8 Å². The molecule has 0 aliphatic carbocycles. The van der Waals surface area contributed by atoms with Crippen LogP contribution in [-0.2, 0) is 19.1 Å². The Labute approximate surface area is 172 Å². The van der Waals surface area contributed by atoms with E-state index in [1.54, 1.807) is 32.9 Å². The molecule has 9 heteroatoms. The van der Waals surface area contributed by atoms with Gasteiger partial charge in [-0.05, 0) is 33.8 Å². The van der Waals surface area contributed by atoms with Crippen LogP contribution >= 0.6 is 0 Å². The minimum Gasteiger partial charge on any atom is -0.805 e. The second-order valence-electron chi connectivity index (χ2n) is 6.90. The molecule has 0 spiro atoms. The highest BCUT2D eigenvalue weighted by Crippen LogP contribution is 2.39. The Hall–Kier alpha value is -3.62. The first-order chi connectivity index (χ1) is 14.2. The molecule has 2 aromatic rings. The molecule has 0 fully saturated rings. The molecule has 158 valence electrons. The summed E-state index contributed by atoms with van der Waals surface area (Å²) in [5.41, 5.74) is 1.32. The largest absolute Gasteiger partial charge is 0.805 e. The number of methoxy groups -OCH3 is 1. The standard InChI is InChI=1S/C21H23N3O6/c1-6-30-21(26)17-12(3)22-11(2)16(20(25)29-5)18(17)19-13(4)23(27)14-9-7-8-10-15(14)24(19)28/h7-10,18,22H,6H2,1-5H3. The number of dihydropyridines is 1. The number of nitrogens with one attached hydrogen (secondary N) is 1. The fourth-order valence-electron chi connectivity index (χ4n) is 3.82. The van der Waals surface area contributed by atoms with Crippen molar-refractivity contribution in [1.82, 2.24) is 10.0 Å². The summed E-state index contributed by atoms with van der Waals surface area (Å²) in [4.78, 5) is 38.9. The Balaban J connectivity index is 2.43. The monoisotopic (exact) mass is 413 g/mol. The molecule has 0 saturated carbocycles. The number of carbonyl (C=O) groups is 2. The zero-order valence-electron chi connectivity index (χ0n) is 17.4. The molecule has 1 aliphatic rings. The Morgan fingerprint density at radius 2 is 1.73 bits per heavy atom. The molecule has 9 nitrogen and oxygen atoms in total. The lowest BCUT2D eigenvalue weighted by Gasteiger charge is -2.29. The van der Waals surface area contributed by atoms with Crippen LogP contribution < -0.4 is 9.74 Å². The highest BCUT2D eigenvalue weighted by atomic mass is 16.5. The van der Waals surface area contributed by atoms with E-state index >= 15 is 0 Å². The number of carbonyl (C=O) groups excluding carboxylic acids is 2. The SMILES string of the molecule is CCOC(=O)C1=C(C)NC(C)=C(C(=O)OC)C1c1c(C)n([O-])c2ccccc2[n+]1=O. The Kier molecular flexibility index (Phi) is 5.64. The van der Waals surface area contributed by atoms with Gasteiger partial charge in [0.05, 0.1) is 35.0 Å². The second-order valence-corrected chi connectivity index (χ2v) is 6.90. The maximum Gasteiger partial charge on any atom is 0.336 e. The first-order valence-electron chi connectivity index (χ1n) is 9.42. The van der Waals surface area contributed by atoms with Crippen LogP contribution in [0.5, 0.6) is 0 Å². The van der Waals surface area contributed by atoms with Crippen LogP contribution in [-0.4, -0.2) is 30.4 Å². The van der Waals surface area contributed by atoms with Crippen molar-refractivity contribution >= 4 is 23.0 Å². The summed E-state index contributed by atoms with van der Waals surface area (Å²) in [5.74, 6) is -2.55. The van der Waals surface area contributed by atoms with Gasteiger partial charge in [0.15, 0.2) is 0 Å². The summed E-state index contributed by atoms with van der Waals surface area (Å²) < 4.78 is 11.3. The minimum atomic E-state index is -1.14. The normalized spacial score (nSPS) is 16.5. The lowest BCUT2D eigenvalue weighted by Crippen LogP contribution is -2.38. The molecule has 0 bridgehead atoms. The van der Waals surface area contributed by atoms with E-state index in [2.05, 4.69) is 5.32 Å². The van der Waals surface area contributed by atoms with Crippen molar-refractivity contribution in [3.05, 3.63) is 68.3 Å². The summed E-state index contributed by atoms with van der Waals surface area (Å²) in [6.07, 6.45) is 0. The summed E-state index contributed by atoms with van der Waals surface area (Å²) >= 11 is 0. The van der Waals surface area contributed by atoms with Gasteiger partial charge in [-0.25, -0.2) is 9.59 Å². The molecule has 1 N–H and O–H groups in total. The van der Waals surface area contributed by atoms with Crippen molar-refractivity contribution in [2.45, 2.75) is 33.6 Å². The number of esters is 2. The number of ether oxygens (including phenoxy) is 2. The Morgan fingerprint density at radius 3 is 2.33 bits per heavy atom. The average Bonchev–Trinajstić information content (AvgIpc) is 2.71. The highest BCUT2D eigenvalue weighted by Gasteiger charge is 2.44. The van der Waals surface area contributed by atoms with Crippen molar-refractivity contribution in [1.29, 1.82) is 0 Å². The third-order valence-electron chi connectivity index (χ3n) is 5.15. The molecule has 3 rings (SSSR count). The van der Waals surface area contributed by atoms with E-state index in [-0.39, 0.29) is 40.2 Å². The number of para-hydroxylation sites is 2. The van der Waals surface area contributed by atoms with Gasteiger partial charge in [0.2, 0.25) is 0 Å². The minimum absolute atomic E-state index is 0.0349. The molecular formula is C21H23N3O6. The third-order valence-corrected chi connectivity index (χ3v) is 5.15. The number of fused-ring (bicyclic) bond motifs is 1. The van der Waals surface area contributed by atoms with Gasteiger partial charge < -0.3 is 24.7 Å². The molecular weight excluding hydrogens is 390 g/mol. The number of hydrogen-bond donors (Lipinski definition) is 1. The van der Waals surface area contributed by atoms with Crippen molar-refractivity contribution in [3.8, 4) is 0 Å². The molecule has 1 atom stereocenters. The fraction of sp³-hybridized carbons (Fsp3) is 0.333. The number of aromatic nitrogens is 2. The van der Waals surface area contributed by atoms with Crippen molar-refractivity contribution < 1.29 is 23.5 Å². The summed E-state index contributed by atoms with van der Waals surface area (Å²) in [7, 11) is 1.21. The number of nitrogens with zero attached hydrogens (tertiary/aromatic N) is 2. The number of hydrogen-bond acceptors (Lipinski definition) is 7. The van der Waals surface area contributed by atoms with Crippen molar-refractivity contribution in [2.75, 3.05) is 13.7 Å². The highest BCUT2D eigenvalue weighted by molar-refractivity contribution is 5.99. The van der Waals surface area contributed by atoms with E-state index in [9.17, 15) is 19.7 Å². The van der Waals surface area contributed by atoms with Crippen LogP contribution in [0.1, 0.15) is 38.1 Å². The van der Waals surface area contributed by atoms with E-state index in [0.29, 0.717) is 20.6 Å². The smallest absolute Gasteiger partial charge is 0.336 e. The molecule has 2 heterocycles. The van der Waals surface area contributed by atoms with Gasteiger partial charge in [-0.2, -0.15) is 0 Å². The zero-order valence-corrected chi connectivity index (χ0v) is 17.4. The van der Waals surface area contributed by atoms with Crippen molar-refractivity contribution in [3.63, 3.8) is 0 Å². The number of benzene rings is 1. The molecule has 0 saturated heterocycles. The summed E-state index contributed by atoms with van der Waals surface area (Å²) in [5, 5.41) is 15.9. The van der Waals surface area contributed by atoms with Gasteiger partial charge in [-0.1, -0.05) is 12.1 Å². The Morgan fingerprint density at radius 1 is 1.13 bits per heavy atom. The fourth-order valence-corrected chi connectivity index (χ4v) is 3.82. The van der Waals surface area contributed by atoms with E-state index in [1.165, 1.54) is 26.2 Å². The van der Waals surface area contributed by atoms with E-state index in [0.717, 1.165) is 0 Å². The summed E-state index contributed by atoms with van der Waals surface area (Å²) in [6.45, 7) is 6.53. The van der Waals surface area contributed by atoms with E-state index in [4.69, 9.17) is 9.47 Å². The second kappa shape index (κ2) is 8.02. The number of rotatable bonds is 4. The van der Waals surface area contributed by atoms with Gasteiger partial charge in [-0.3, -0.25) is 0 Å². The first-order valence-corrected chi connectivity index (χ1v) is 9.42. The quantitative estimate of drug-likeness (QED) is 0.603. The topological polar surface area (TPSA) is 116 Å². The molecule has 0 amide bonds. The van der Waals surface area contributed by atoms with Gasteiger partial charge in [0.25, 0.3) is 11.2 Å². The van der Waals surface area contributed by atoms with Crippen LogP contribution in [0.2, 0.25) is 0 Å². The molecule has 1 aromatic heterocycles. The molecule has 0 radical (unpaired) electrons. The van der Waals surface area contributed by atoms with E-state index in [1.807, 2.05) is 0 Å². The van der Waals surface area contributed by atoms with Gasteiger partial charge in [0, 0.05) is 22.4 Å². The molecule has 1 aliphatic heterocycles. The summed E-state index contributed by atoms with van der Waals surface area (Å²) in [6, 6.07) is 6.33. The van der Waals surface area contributed by atoms with Crippen LogP contribution in [0.25, 0.3) is 11.0 Å².